The summed E-state index contributed by atoms with van der Waals surface area (Å²) in [6, 6.07) is 22.4. The van der Waals surface area contributed by atoms with Gasteiger partial charge in [0.25, 0.3) is 5.91 Å². The normalized spacial score (nSPS) is 11.5. The van der Waals surface area contributed by atoms with Crippen molar-refractivity contribution < 1.29 is 17.6 Å². The smallest absolute Gasteiger partial charge is 0.256 e. The molecule has 7 nitrogen and oxygen atoms in total. The molecule has 0 atom stereocenters. The highest BCUT2D eigenvalue weighted by Crippen LogP contribution is 2.28. The Kier molecular flexibility index (Phi) is 6.39. The van der Waals surface area contributed by atoms with Crippen molar-refractivity contribution in [2.75, 3.05) is 5.32 Å². The molecular formula is C25H23N3O4S. The van der Waals surface area contributed by atoms with Gasteiger partial charge < -0.3 is 9.73 Å². The summed E-state index contributed by atoms with van der Waals surface area (Å²) in [5.74, 6) is 0.578. The lowest BCUT2D eigenvalue weighted by molar-refractivity contribution is 0.102. The van der Waals surface area contributed by atoms with Crippen LogP contribution >= 0.6 is 0 Å². The lowest BCUT2D eigenvalue weighted by Gasteiger charge is -2.11. The quantitative estimate of drug-likeness (QED) is 0.406. The van der Waals surface area contributed by atoms with Gasteiger partial charge >= 0.3 is 0 Å². The number of anilines is 1. The van der Waals surface area contributed by atoms with Gasteiger partial charge in [0.05, 0.1) is 16.7 Å². The van der Waals surface area contributed by atoms with Crippen molar-refractivity contribution in [3.05, 3.63) is 90.6 Å². The largest absolute Gasteiger partial charge is 0.436 e. The molecule has 168 valence electrons. The SMILES string of the molecule is CC(C)NS(=O)(=O)c1ccc(NC(=O)c2ccccc2-c2ncc(-c3ccccc3)o2)cc1. The van der Waals surface area contributed by atoms with Crippen molar-refractivity contribution in [1.29, 1.82) is 0 Å². The third-order valence-electron chi connectivity index (χ3n) is 4.78. The molecule has 0 fully saturated rings. The van der Waals surface area contributed by atoms with Crippen LogP contribution in [0.4, 0.5) is 5.69 Å². The van der Waals surface area contributed by atoms with E-state index in [0.29, 0.717) is 28.5 Å². The van der Waals surface area contributed by atoms with Crippen LogP contribution in [0.2, 0.25) is 0 Å². The Morgan fingerprint density at radius 2 is 1.58 bits per heavy atom. The molecule has 0 spiro atoms. The molecule has 0 saturated heterocycles. The fourth-order valence-electron chi connectivity index (χ4n) is 3.30. The highest BCUT2D eigenvalue weighted by Gasteiger charge is 2.18. The molecule has 0 aliphatic rings. The number of amides is 1. The standard InChI is InChI=1S/C25H23N3O4S/c1-17(2)28-33(30,31)20-14-12-19(13-15-20)27-24(29)21-10-6-7-11-22(21)25-26-16-23(32-25)18-8-4-3-5-9-18/h3-17,28H,1-2H3,(H,27,29). The summed E-state index contributed by atoms with van der Waals surface area (Å²) in [6.07, 6.45) is 1.63. The van der Waals surface area contributed by atoms with Gasteiger partial charge in [-0.05, 0) is 50.2 Å². The molecule has 0 saturated carbocycles. The number of carbonyl (C=O) groups excluding carboxylic acids is 1. The molecule has 0 aliphatic carbocycles. The topological polar surface area (TPSA) is 101 Å². The number of sulfonamides is 1. The van der Waals surface area contributed by atoms with Gasteiger partial charge in [-0.15, -0.1) is 0 Å². The second kappa shape index (κ2) is 9.40. The first kappa shape index (κ1) is 22.4. The summed E-state index contributed by atoms with van der Waals surface area (Å²) in [7, 11) is -3.60. The summed E-state index contributed by atoms with van der Waals surface area (Å²) in [6.45, 7) is 3.50. The fourth-order valence-corrected chi connectivity index (χ4v) is 4.55. The van der Waals surface area contributed by atoms with Gasteiger partial charge in [-0.3, -0.25) is 4.79 Å². The summed E-state index contributed by atoms with van der Waals surface area (Å²) in [4.78, 5) is 17.5. The second-order valence-corrected chi connectivity index (χ2v) is 9.41. The van der Waals surface area contributed by atoms with Crippen molar-refractivity contribution in [2.24, 2.45) is 0 Å². The van der Waals surface area contributed by atoms with Crippen molar-refractivity contribution >= 4 is 21.6 Å². The third-order valence-corrected chi connectivity index (χ3v) is 6.45. The molecular weight excluding hydrogens is 438 g/mol. The van der Waals surface area contributed by atoms with Gasteiger partial charge in [-0.1, -0.05) is 42.5 Å². The highest BCUT2D eigenvalue weighted by atomic mass is 32.2. The first-order chi connectivity index (χ1) is 15.8. The van der Waals surface area contributed by atoms with E-state index in [1.807, 2.05) is 30.3 Å². The van der Waals surface area contributed by atoms with Gasteiger partial charge in [0.15, 0.2) is 5.76 Å². The van der Waals surface area contributed by atoms with E-state index in [9.17, 15) is 13.2 Å². The van der Waals surface area contributed by atoms with E-state index < -0.39 is 10.0 Å². The van der Waals surface area contributed by atoms with Crippen LogP contribution in [0.5, 0.6) is 0 Å². The Balaban J connectivity index is 1.55. The molecule has 8 heteroatoms. The number of hydrogen-bond donors (Lipinski definition) is 2. The van der Waals surface area contributed by atoms with Crippen LogP contribution in [0, 0.1) is 0 Å². The van der Waals surface area contributed by atoms with Crippen molar-refractivity contribution in [2.45, 2.75) is 24.8 Å². The number of benzene rings is 3. The lowest BCUT2D eigenvalue weighted by Crippen LogP contribution is -2.30. The van der Waals surface area contributed by atoms with Crippen LogP contribution in [0.15, 0.2) is 94.4 Å². The number of nitrogens with zero attached hydrogens (tertiary/aromatic N) is 1. The minimum absolute atomic E-state index is 0.128. The van der Waals surface area contributed by atoms with Gasteiger partial charge in [-0.2, -0.15) is 0 Å². The van der Waals surface area contributed by atoms with E-state index >= 15 is 0 Å². The Hall–Kier alpha value is -3.75. The van der Waals surface area contributed by atoms with Crippen LogP contribution in [-0.4, -0.2) is 25.4 Å². The molecule has 0 radical (unpaired) electrons. The van der Waals surface area contributed by atoms with E-state index in [-0.39, 0.29) is 16.8 Å². The monoisotopic (exact) mass is 461 g/mol. The zero-order chi connectivity index (χ0) is 23.4. The number of nitrogens with one attached hydrogen (secondary N) is 2. The van der Waals surface area contributed by atoms with Crippen LogP contribution in [0.3, 0.4) is 0 Å². The molecule has 1 heterocycles. The van der Waals surface area contributed by atoms with Crippen LogP contribution in [0.25, 0.3) is 22.8 Å². The van der Waals surface area contributed by atoms with Gasteiger partial charge in [-0.25, -0.2) is 18.1 Å². The van der Waals surface area contributed by atoms with E-state index in [2.05, 4.69) is 15.0 Å². The summed E-state index contributed by atoms with van der Waals surface area (Å²) in [5.41, 5.74) is 2.30. The lowest BCUT2D eigenvalue weighted by atomic mass is 10.1. The average Bonchev–Trinajstić information content (AvgIpc) is 3.29. The predicted molar refractivity (Wildman–Crippen MR) is 127 cm³/mol. The highest BCUT2D eigenvalue weighted by molar-refractivity contribution is 7.89. The zero-order valence-electron chi connectivity index (χ0n) is 18.1. The molecule has 2 N–H and O–H groups in total. The van der Waals surface area contributed by atoms with Crippen molar-refractivity contribution in [3.8, 4) is 22.8 Å². The van der Waals surface area contributed by atoms with Crippen molar-refractivity contribution in [3.63, 3.8) is 0 Å². The molecule has 4 aromatic rings. The van der Waals surface area contributed by atoms with Crippen molar-refractivity contribution in [1.82, 2.24) is 9.71 Å². The van der Waals surface area contributed by atoms with Gasteiger partial charge in [0.2, 0.25) is 15.9 Å². The molecule has 0 aliphatic heterocycles. The molecule has 1 aromatic heterocycles. The van der Waals surface area contributed by atoms with Crippen LogP contribution in [0.1, 0.15) is 24.2 Å². The maximum Gasteiger partial charge on any atom is 0.256 e. The number of rotatable bonds is 7. The second-order valence-electron chi connectivity index (χ2n) is 7.70. The number of carbonyl (C=O) groups is 1. The summed E-state index contributed by atoms with van der Waals surface area (Å²) in [5, 5.41) is 2.80. The summed E-state index contributed by atoms with van der Waals surface area (Å²) < 4.78 is 33.0. The predicted octanol–water partition coefficient (Wildman–Crippen LogP) is 4.95. The van der Waals surface area contributed by atoms with E-state index in [1.165, 1.54) is 12.1 Å². The Labute approximate surface area is 192 Å². The molecule has 0 unspecified atom stereocenters. The first-order valence-electron chi connectivity index (χ1n) is 10.4. The van der Waals surface area contributed by atoms with Gasteiger partial charge in [0.1, 0.15) is 0 Å². The van der Waals surface area contributed by atoms with E-state index in [4.69, 9.17) is 4.42 Å². The number of oxazole rings is 1. The molecule has 0 bridgehead atoms. The maximum atomic E-state index is 13.0. The maximum absolute atomic E-state index is 13.0. The van der Waals surface area contributed by atoms with Crippen LogP contribution in [-0.2, 0) is 10.0 Å². The number of aromatic nitrogens is 1. The molecule has 4 rings (SSSR count). The molecule has 3 aromatic carbocycles. The third kappa shape index (κ3) is 5.19. The Morgan fingerprint density at radius 3 is 2.27 bits per heavy atom. The first-order valence-corrected chi connectivity index (χ1v) is 11.9. The zero-order valence-corrected chi connectivity index (χ0v) is 19.0. The molecule has 33 heavy (non-hydrogen) atoms. The van der Waals surface area contributed by atoms with Crippen LogP contribution < -0.4 is 10.0 Å². The Bertz CT molecular complexity index is 1360. The van der Waals surface area contributed by atoms with E-state index in [1.54, 1.807) is 56.4 Å². The minimum Gasteiger partial charge on any atom is -0.436 e. The molecule has 1 amide bonds. The van der Waals surface area contributed by atoms with Gasteiger partial charge in [0, 0.05) is 22.9 Å². The van der Waals surface area contributed by atoms with E-state index in [0.717, 1.165) is 5.56 Å². The summed E-state index contributed by atoms with van der Waals surface area (Å²) >= 11 is 0. The number of hydrogen-bond acceptors (Lipinski definition) is 5. The fraction of sp³-hybridized carbons (Fsp3) is 0.120. The average molecular weight is 462 g/mol. The minimum atomic E-state index is -3.60. The Morgan fingerprint density at radius 1 is 0.909 bits per heavy atom.